The second-order valence-electron chi connectivity index (χ2n) is 3.88. The Morgan fingerprint density at radius 3 is 2.19 bits per heavy atom. The molecule has 0 fully saturated rings. The highest BCUT2D eigenvalue weighted by Crippen LogP contribution is 2.31. The van der Waals surface area contributed by atoms with E-state index in [1.165, 1.54) is 27.4 Å². The van der Waals surface area contributed by atoms with Gasteiger partial charge in [0.2, 0.25) is 10.0 Å². The Morgan fingerprint density at radius 1 is 1.10 bits per heavy atom. The first-order valence-electron chi connectivity index (χ1n) is 5.80. The van der Waals surface area contributed by atoms with Gasteiger partial charge in [-0.05, 0) is 6.07 Å². The Morgan fingerprint density at radius 2 is 1.71 bits per heavy atom. The summed E-state index contributed by atoms with van der Waals surface area (Å²) in [5, 5.41) is 5.09. The highest BCUT2D eigenvalue weighted by Gasteiger charge is 2.23. The molecule has 0 radical (unpaired) electrons. The summed E-state index contributed by atoms with van der Waals surface area (Å²) in [6, 6.07) is 2.31. The van der Waals surface area contributed by atoms with Crippen molar-refractivity contribution in [1.29, 1.82) is 0 Å². The summed E-state index contributed by atoms with van der Waals surface area (Å²) in [6.07, 6.45) is 0. The van der Waals surface area contributed by atoms with Crippen molar-refractivity contribution in [3.63, 3.8) is 0 Å². The first-order chi connectivity index (χ1) is 9.85. The zero-order valence-corrected chi connectivity index (χ0v) is 12.7. The Hall–Kier alpha value is -1.84. The molecule has 0 heterocycles. The van der Waals surface area contributed by atoms with Gasteiger partial charge in [0, 0.05) is 13.2 Å². The van der Waals surface area contributed by atoms with E-state index in [-0.39, 0.29) is 35.2 Å². The van der Waals surface area contributed by atoms with Crippen LogP contribution in [0.5, 0.6) is 11.5 Å². The number of carbonyl (C=O) groups excluding carboxylic acids is 1. The number of esters is 1. The minimum Gasteiger partial charge on any atom is -0.496 e. The number of hydrogen-bond donors (Lipinski definition) is 1. The van der Waals surface area contributed by atoms with Gasteiger partial charge in [-0.1, -0.05) is 0 Å². The molecule has 1 aromatic rings. The fraction of sp³-hybridized carbons (Fsp3) is 0.417. The van der Waals surface area contributed by atoms with Crippen LogP contribution >= 0.6 is 0 Å². The molecular formula is C12H17NO7S. The molecule has 0 saturated heterocycles. The van der Waals surface area contributed by atoms with Crippen molar-refractivity contribution in [1.82, 2.24) is 0 Å². The van der Waals surface area contributed by atoms with Crippen LogP contribution in [-0.2, 0) is 19.5 Å². The third-order valence-corrected chi connectivity index (χ3v) is 3.46. The summed E-state index contributed by atoms with van der Waals surface area (Å²) in [5.41, 5.74) is -0.0709. The quantitative estimate of drug-likeness (QED) is 0.562. The van der Waals surface area contributed by atoms with Crippen molar-refractivity contribution in [2.24, 2.45) is 5.14 Å². The minimum atomic E-state index is -4.06. The van der Waals surface area contributed by atoms with Gasteiger partial charge < -0.3 is 18.9 Å². The molecule has 9 heteroatoms. The lowest BCUT2D eigenvalue weighted by atomic mass is 10.2. The zero-order valence-electron chi connectivity index (χ0n) is 11.9. The van der Waals surface area contributed by atoms with Crippen LogP contribution in [0.1, 0.15) is 10.4 Å². The van der Waals surface area contributed by atoms with E-state index < -0.39 is 16.0 Å². The van der Waals surface area contributed by atoms with E-state index in [4.69, 9.17) is 24.1 Å². The molecule has 2 N–H and O–H groups in total. The fourth-order valence-corrected chi connectivity index (χ4v) is 2.25. The second kappa shape index (κ2) is 7.25. The highest BCUT2D eigenvalue weighted by atomic mass is 32.2. The summed E-state index contributed by atoms with van der Waals surface area (Å²) < 4.78 is 42.7. The molecule has 0 unspecified atom stereocenters. The number of rotatable bonds is 7. The molecule has 0 saturated carbocycles. The third kappa shape index (κ3) is 4.31. The van der Waals surface area contributed by atoms with Crippen LogP contribution < -0.4 is 14.6 Å². The average Bonchev–Trinajstić information content (AvgIpc) is 2.44. The maximum absolute atomic E-state index is 11.9. The Labute approximate surface area is 122 Å². The number of sulfonamides is 1. The molecule has 21 heavy (non-hydrogen) atoms. The van der Waals surface area contributed by atoms with E-state index >= 15 is 0 Å². The lowest BCUT2D eigenvalue weighted by Gasteiger charge is -2.13. The van der Waals surface area contributed by atoms with Gasteiger partial charge in [-0.3, -0.25) is 0 Å². The van der Waals surface area contributed by atoms with E-state index in [1.54, 1.807) is 0 Å². The van der Waals surface area contributed by atoms with Gasteiger partial charge in [0.15, 0.2) is 0 Å². The molecule has 0 aliphatic heterocycles. The largest absolute Gasteiger partial charge is 0.496 e. The lowest BCUT2D eigenvalue weighted by molar-refractivity contribution is 0.0384. The number of hydrogen-bond acceptors (Lipinski definition) is 7. The third-order valence-electron chi connectivity index (χ3n) is 2.53. The molecule has 0 bridgehead atoms. The fourth-order valence-electron chi connectivity index (χ4n) is 1.55. The molecule has 0 spiro atoms. The van der Waals surface area contributed by atoms with E-state index in [2.05, 4.69) is 0 Å². The maximum atomic E-state index is 11.9. The molecular weight excluding hydrogens is 302 g/mol. The summed E-state index contributed by atoms with van der Waals surface area (Å²) in [6.45, 7) is 0.238. The van der Waals surface area contributed by atoms with Crippen LogP contribution in [0.2, 0.25) is 0 Å². The molecule has 0 aliphatic rings. The molecule has 0 aromatic heterocycles. The summed E-state index contributed by atoms with van der Waals surface area (Å²) in [4.78, 5) is 11.6. The Balaban J connectivity index is 3.27. The molecule has 118 valence electrons. The SMILES string of the molecule is COCCOC(=O)c1cc(S(N)(=O)=O)c(OC)cc1OC. The molecule has 8 nitrogen and oxygen atoms in total. The zero-order chi connectivity index (χ0) is 16.0. The molecule has 0 atom stereocenters. The first kappa shape index (κ1) is 17.2. The number of nitrogens with two attached hydrogens (primary N) is 1. The van der Waals surface area contributed by atoms with Crippen LogP contribution in [0.25, 0.3) is 0 Å². The van der Waals surface area contributed by atoms with Crippen molar-refractivity contribution in [3.8, 4) is 11.5 Å². The van der Waals surface area contributed by atoms with Gasteiger partial charge >= 0.3 is 5.97 Å². The Kier molecular flexibility index (Phi) is 5.94. The average molecular weight is 319 g/mol. The van der Waals surface area contributed by atoms with Gasteiger partial charge in [-0.15, -0.1) is 0 Å². The van der Waals surface area contributed by atoms with Gasteiger partial charge in [-0.2, -0.15) is 0 Å². The van der Waals surface area contributed by atoms with Crippen LogP contribution in [0, 0.1) is 0 Å². The number of ether oxygens (including phenoxy) is 4. The normalized spacial score (nSPS) is 11.0. The van der Waals surface area contributed by atoms with Crippen molar-refractivity contribution in [2.75, 3.05) is 34.5 Å². The second-order valence-corrected chi connectivity index (χ2v) is 5.41. The summed E-state index contributed by atoms with van der Waals surface area (Å²) in [5.74, 6) is -0.666. The first-order valence-corrected chi connectivity index (χ1v) is 7.34. The van der Waals surface area contributed by atoms with E-state index in [0.717, 1.165) is 6.07 Å². The number of carbonyl (C=O) groups is 1. The maximum Gasteiger partial charge on any atom is 0.342 e. The van der Waals surface area contributed by atoms with Gasteiger partial charge in [-0.25, -0.2) is 18.4 Å². The standard InChI is InChI=1S/C12H17NO7S/c1-17-4-5-20-12(14)8-6-11(21(13,15)16)10(19-3)7-9(8)18-2/h6-7H,4-5H2,1-3H3,(H2,13,15,16). The minimum absolute atomic E-state index is 0.0230. The Bertz CT molecular complexity index is 612. The van der Waals surface area contributed by atoms with Gasteiger partial charge in [0.05, 0.1) is 20.8 Å². The van der Waals surface area contributed by atoms with E-state index in [0.29, 0.717) is 0 Å². The van der Waals surface area contributed by atoms with Crippen LogP contribution in [-0.4, -0.2) is 48.9 Å². The van der Waals surface area contributed by atoms with Crippen LogP contribution in [0.4, 0.5) is 0 Å². The van der Waals surface area contributed by atoms with Crippen molar-refractivity contribution in [2.45, 2.75) is 4.90 Å². The van der Waals surface area contributed by atoms with Crippen LogP contribution in [0.15, 0.2) is 17.0 Å². The van der Waals surface area contributed by atoms with Gasteiger partial charge in [0.25, 0.3) is 0 Å². The molecule has 1 rings (SSSR count). The molecule has 0 amide bonds. The van der Waals surface area contributed by atoms with Crippen molar-refractivity contribution in [3.05, 3.63) is 17.7 Å². The predicted molar refractivity (Wildman–Crippen MR) is 73.1 cm³/mol. The van der Waals surface area contributed by atoms with Crippen molar-refractivity contribution < 1.29 is 32.2 Å². The van der Waals surface area contributed by atoms with Gasteiger partial charge in [0.1, 0.15) is 28.6 Å². The molecule has 0 aliphatic carbocycles. The number of primary sulfonamides is 1. The van der Waals surface area contributed by atoms with Crippen LogP contribution in [0.3, 0.4) is 0 Å². The predicted octanol–water partition coefficient (Wildman–Crippen LogP) is 0.154. The monoisotopic (exact) mass is 319 g/mol. The smallest absolute Gasteiger partial charge is 0.342 e. The summed E-state index contributed by atoms with van der Waals surface area (Å²) >= 11 is 0. The number of benzene rings is 1. The molecule has 1 aromatic carbocycles. The number of methoxy groups -OCH3 is 3. The van der Waals surface area contributed by atoms with E-state index in [9.17, 15) is 13.2 Å². The summed E-state index contributed by atoms with van der Waals surface area (Å²) in [7, 11) is 0.00296. The lowest BCUT2D eigenvalue weighted by Crippen LogP contribution is -2.16. The topological polar surface area (TPSA) is 114 Å². The van der Waals surface area contributed by atoms with E-state index in [1.807, 2.05) is 0 Å². The van der Waals surface area contributed by atoms with Crippen molar-refractivity contribution >= 4 is 16.0 Å². The highest BCUT2D eigenvalue weighted by molar-refractivity contribution is 7.89.